The minimum atomic E-state index is -0.434. The van der Waals surface area contributed by atoms with Crippen LogP contribution >= 0.6 is 0 Å². The Morgan fingerprint density at radius 3 is 2.73 bits per heavy atom. The van der Waals surface area contributed by atoms with Crippen molar-refractivity contribution in [2.45, 2.75) is 32.9 Å². The molecule has 134 valence electrons. The average molecular weight is 353 g/mol. The van der Waals surface area contributed by atoms with E-state index in [0.717, 1.165) is 12.0 Å². The normalized spacial score (nSPS) is 11.9. The number of hydrogen-bond acceptors (Lipinski definition) is 6. The second kappa shape index (κ2) is 7.73. The standard InChI is InChI=1S/C18H19N5O3/c1-3-12(2)19-17(25)18-20-15(22-26-18)11-23-16(24)10-9-14(21-23)13-7-5-4-6-8-13/h4-10,12H,3,11H2,1-2H3,(H,19,25)/t12-/m0/s1. The largest absolute Gasteiger partial charge is 0.345 e. The molecule has 0 aliphatic rings. The van der Waals surface area contributed by atoms with Gasteiger partial charge in [0.15, 0.2) is 5.82 Å². The highest BCUT2D eigenvalue weighted by atomic mass is 16.5. The number of benzene rings is 1. The Hall–Kier alpha value is -3.29. The quantitative estimate of drug-likeness (QED) is 0.726. The first-order chi connectivity index (χ1) is 12.6. The Labute approximate surface area is 149 Å². The zero-order valence-corrected chi connectivity index (χ0v) is 14.5. The van der Waals surface area contributed by atoms with Crippen LogP contribution in [0, 0.1) is 0 Å². The van der Waals surface area contributed by atoms with Crippen LogP contribution in [0.5, 0.6) is 0 Å². The van der Waals surface area contributed by atoms with Crippen molar-refractivity contribution in [2.24, 2.45) is 0 Å². The summed E-state index contributed by atoms with van der Waals surface area (Å²) in [6.45, 7) is 3.86. The summed E-state index contributed by atoms with van der Waals surface area (Å²) in [7, 11) is 0. The van der Waals surface area contributed by atoms with Gasteiger partial charge in [0.05, 0.1) is 5.69 Å². The summed E-state index contributed by atoms with van der Waals surface area (Å²) in [4.78, 5) is 28.1. The molecule has 0 radical (unpaired) electrons. The predicted molar refractivity (Wildman–Crippen MR) is 94.6 cm³/mol. The number of carbonyl (C=O) groups excluding carboxylic acids is 1. The highest BCUT2D eigenvalue weighted by molar-refractivity contribution is 5.89. The lowest BCUT2D eigenvalue weighted by Gasteiger charge is -2.07. The molecule has 2 aromatic heterocycles. The lowest BCUT2D eigenvalue weighted by atomic mass is 10.1. The Morgan fingerprint density at radius 1 is 1.23 bits per heavy atom. The third kappa shape index (κ3) is 4.02. The summed E-state index contributed by atoms with van der Waals surface area (Å²) < 4.78 is 6.22. The predicted octanol–water partition coefficient (Wildman–Crippen LogP) is 1.87. The lowest BCUT2D eigenvalue weighted by Crippen LogP contribution is -2.32. The number of amides is 1. The summed E-state index contributed by atoms with van der Waals surface area (Å²) in [6.07, 6.45) is 0.790. The van der Waals surface area contributed by atoms with E-state index < -0.39 is 5.91 Å². The Bertz CT molecular complexity index is 949. The number of hydrogen-bond donors (Lipinski definition) is 1. The van der Waals surface area contributed by atoms with E-state index in [-0.39, 0.29) is 29.9 Å². The molecule has 8 heteroatoms. The van der Waals surface area contributed by atoms with Crippen molar-refractivity contribution in [2.75, 3.05) is 0 Å². The third-order valence-corrected chi connectivity index (χ3v) is 3.88. The molecule has 0 saturated heterocycles. The highest BCUT2D eigenvalue weighted by Gasteiger charge is 2.17. The van der Waals surface area contributed by atoms with Gasteiger partial charge in [0.2, 0.25) is 0 Å². The van der Waals surface area contributed by atoms with Crippen LogP contribution in [0.1, 0.15) is 36.8 Å². The van der Waals surface area contributed by atoms with Crippen molar-refractivity contribution < 1.29 is 9.32 Å². The Balaban J connectivity index is 1.79. The topological polar surface area (TPSA) is 103 Å². The summed E-state index contributed by atoms with van der Waals surface area (Å²) in [5.74, 6) is -0.358. The fraction of sp³-hybridized carbons (Fsp3) is 0.278. The second-order valence-electron chi connectivity index (χ2n) is 5.88. The molecule has 0 unspecified atom stereocenters. The van der Waals surface area contributed by atoms with Gasteiger partial charge < -0.3 is 9.84 Å². The van der Waals surface area contributed by atoms with Crippen LogP contribution in [0.3, 0.4) is 0 Å². The highest BCUT2D eigenvalue weighted by Crippen LogP contribution is 2.14. The van der Waals surface area contributed by atoms with E-state index in [1.165, 1.54) is 10.7 Å². The zero-order valence-electron chi connectivity index (χ0n) is 14.5. The first kappa shape index (κ1) is 17.5. The third-order valence-electron chi connectivity index (χ3n) is 3.88. The van der Waals surface area contributed by atoms with Gasteiger partial charge in [-0.25, -0.2) is 4.68 Å². The van der Waals surface area contributed by atoms with E-state index in [0.29, 0.717) is 5.69 Å². The zero-order chi connectivity index (χ0) is 18.5. The fourth-order valence-electron chi connectivity index (χ4n) is 2.26. The number of nitrogens with zero attached hydrogens (tertiary/aromatic N) is 4. The maximum Gasteiger partial charge on any atom is 0.316 e. The first-order valence-electron chi connectivity index (χ1n) is 8.34. The van der Waals surface area contributed by atoms with E-state index in [9.17, 15) is 9.59 Å². The van der Waals surface area contributed by atoms with Gasteiger partial charge in [-0.2, -0.15) is 10.1 Å². The molecule has 0 spiro atoms. The molecule has 0 saturated carbocycles. The average Bonchev–Trinajstić information content (AvgIpc) is 3.13. The molecule has 1 atom stereocenters. The molecule has 8 nitrogen and oxygen atoms in total. The molecule has 1 aromatic carbocycles. The van der Waals surface area contributed by atoms with Gasteiger partial charge in [0.25, 0.3) is 5.56 Å². The summed E-state index contributed by atoms with van der Waals surface area (Å²) in [5.41, 5.74) is 1.26. The number of rotatable bonds is 6. The Morgan fingerprint density at radius 2 is 2.00 bits per heavy atom. The molecule has 3 aromatic rings. The molecular formula is C18H19N5O3. The van der Waals surface area contributed by atoms with Crippen molar-refractivity contribution in [1.29, 1.82) is 0 Å². The van der Waals surface area contributed by atoms with Gasteiger partial charge >= 0.3 is 11.8 Å². The molecule has 26 heavy (non-hydrogen) atoms. The van der Waals surface area contributed by atoms with Gasteiger partial charge in [-0.3, -0.25) is 9.59 Å². The van der Waals surface area contributed by atoms with E-state index >= 15 is 0 Å². The van der Waals surface area contributed by atoms with Crippen molar-refractivity contribution in [3.05, 3.63) is 64.5 Å². The minimum absolute atomic E-state index is 0.00434. The van der Waals surface area contributed by atoms with Crippen molar-refractivity contribution in [3.8, 4) is 11.3 Å². The van der Waals surface area contributed by atoms with Gasteiger partial charge in [-0.05, 0) is 19.4 Å². The number of nitrogens with one attached hydrogen (secondary N) is 1. The maximum absolute atomic E-state index is 12.1. The lowest BCUT2D eigenvalue weighted by molar-refractivity contribution is 0.0895. The monoisotopic (exact) mass is 353 g/mol. The summed E-state index contributed by atoms with van der Waals surface area (Å²) in [6, 6.07) is 12.6. The van der Waals surface area contributed by atoms with Gasteiger partial charge in [-0.15, -0.1) is 0 Å². The molecule has 1 N–H and O–H groups in total. The van der Waals surface area contributed by atoms with Crippen LogP contribution in [-0.2, 0) is 6.54 Å². The molecule has 3 rings (SSSR count). The Kier molecular flexibility index (Phi) is 5.21. The molecule has 0 aliphatic heterocycles. The van der Waals surface area contributed by atoms with E-state index in [4.69, 9.17) is 4.52 Å². The van der Waals surface area contributed by atoms with E-state index in [1.54, 1.807) is 6.07 Å². The second-order valence-corrected chi connectivity index (χ2v) is 5.88. The first-order valence-corrected chi connectivity index (χ1v) is 8.34. The van der Waals surface area contributed by atoms with Crippen LogP contribution < -0.4 is 10.9 Å². The summed E-state index contributed by atoms with van der Waals surface area (Å²) >= 11 is 0. The van der Waals surface area contributed by atoms with Crippen molar-refractivity contribution in [3.63, 3.8) is 0 Å². The molecule has 0 fully saturated rings. The number of aromatic nitrogens is 4. The van der Waals surface area contributed by atoms with Crippen molar-refractivity contribution >= 4 is 5.91 Å². The molecule has 2 heterocycles. The fourth-order valence-corrected chi connectivity index (χ4v) is 2.26. The number of carbonyl (C=O) groups is 1. The van der Waals surface area contributed by atoms with Crippen LogP contribution in [0.25, 0.3) is 11.3 Å². The maximum atomic E-state index is 12.1. The smallest absolute Gasteiger partial charge is 0.316 e. The molecular weight excluding hydrogens is 334 g/mol. The van der Waals surface area contributed by atoms with Gasteiger partial charge in [0, 0.05) is 17.7 Å². The molecule has 0 bridgehead atoms. The van der Waals surface area contributed by atoms with E-state index in [2.05, 4.69) is 20.6 Å². The molecule has 1 amide bonds. The van der Waals surface area contributed by atoms with Crippen LogP contribution in [0.15, 0.2) is 51.8 Å². The minimum Gasteiger partial charge on any atom is -0.345 e. The van der Waals surface area contributed by atoms with Crippen LogP contribution in [0.4, 0.5) is 0 Å². The molecule has 0 aliphatic carbocycles. The SMILES string of the molecule is CC[C@H](C)NC(=O)c1nc(Cn2nc(-c3ccccc3)ccc2=O)no1. The van der Waals surface area contributed by atoms with Gasteiger partial charge in [-0.1, -0.05) is 42.4 Å². The van der Waals surface area contributed by atoms with Crippen molar-refractivity contribution in [1.82, 2.24) is 25.2 Å². The van der Waals surface area contributed by atoms with E-state index in [1.807, 2.05) is 44.2 Å². The summed E-state index contributed by atoms with van der Waals surface area (Å²) in [5, 5.41) is 10.8. The van der Waals surface area contributed by atoms with Crippen LogP contribution in [-0.4, -0.2) is 31.9 Å². The van der Waals surface area contributed by atoms with Crippen LogP contribution in [0.2, 0.25) is 0 Å². The van der Waals surface area contributed by atoms with Gasteiger partial charge in [0.1, 0.15) is 6.54 Å².